The van der Waals surface area contributed by atoms with E-state index in [9.17, 15) is 13.2 Å². The summed E-state index contributed by atoms with van der Waals surface area (Å²) in [6.45, 7) is 0. The number of halogens is 3. The number of methoxy groups -OCH3 is 1. The zero-order valence-electron chi connectivity index (χ0n) is 12.6. The Morgan fingerprint density at radius 1 is 1.00 bits per heavy atom. The molecular formula is C17H13F3N2OS. The van der Waals surface area contributed by atoms with Crippen LogP contribution in [0.5, 0.6) is 5.75 Å². The molecule has 24 heavy (non-hydrogen) atoms. The van der Waals surface area contributed by atoms with Crippen molar-refractivity contribution in [3.63, 3.8) is 0 Å². The summed E-state index contributed by atoms with van der Waals surface area (Å²) >= 11 is 1.38. The fourth-order valence-corrected chi connectivity index (χ4v) is 2.83. The molecule has 2 aromatic carbocycles. The van der Waals surface area contributed by atoms with Crippen molar-refractivity contribution < 1.29 is 17.9 Å². The van der Waals surface area contributed by atoms with Crippen LogP contribution < -0.4 is 10.1 Å². The fraction of sp³-hybridized carbons (Fsp3) is 0.118. The van der Waals surface area contributed by atoms with Gasteiger partial charge in [-0.2, -0.15) is 13.2 Å². The van der Waals surface area contributed by atoms with Gasteiger partial charge in [0.15, 0.2) is 5.13 Å². The number of alkyl halides is 3. The number of thiazole rings is 1. The van der Waals surface area contributed by atoms with E-state index in [-0.39, 0.29) is 0 Å². The number of nitrogens with one attached hydrogen (secondary N) is 1. The third-order valence-corrected chi connectivity index (χ3v) is 4.11. The van der Waals surface area contributed by atoms with Crippen LogP contribution in [0.3, 0.4) is 0 Å². The van der Waals surface area contributed by atoms with E-state index in [1.54, 1.807) is 12.5 Å². The maximum atomic E-state index is 12.6. The number of benzene rings is 2. The molecule has 0 aliphatic carbocycles. The summed E-state index contributed by atoms with van der Waals surface area (Å²) in [5.74, 6) is 0.755. The lowest BCUT2D eigenvalue weighted by Crippen LogP contribution is -2.03. The van der Waals surface area contributed by atoms with Crippen LogP contribution in [0, 0.1) is 0 Å². The summed E-state index contributed by atoms with van der Waals surface area (Å²) < 4.78 is 42.9. The molecule has 0 spiro atoms. The molecule has 0 aliphatic heterocycles. The van der Waals surface area contributed by atoms with Crippen LogP contribution in [0.4, 0.5) is 24.0 Å². The van der Waals surface area contributed by atoms with Gasteiger partial charge in [0.1, 0.15) is 5.75 Å². The highest BCUT2D eigenvalue weighted by atomic mass is 32.1. The largest absolute Gasteiger partial charge is 0.497 e. The lowest BCUT2D eigenvalue weighted by atomic mass is 10.1. The number of nitrogens with zero attached hydrogens (tertiary/aromatic N) is 1. The van der Waals surface area contributed by atoms with E-state index in [0.29, 0.717) is 16.4 Å². The number of hydrogen-bond acceptors (Lipinski definition) is 4. The van der Waals surface area contributed by atoms with Gasteiger partial charge < -0.3 is 10.1 Å². The van der Waals surface area contributed by atoms with Crippen molar-refractivity contribution in [1.29, 1.82) is 0 Å². The highest BCUT2D eigenvalue weighted by Gasteiger charge is 2.30. The maximum Gasteiger partial charge on any atom is 0.416 e. The Hall–Kier alpha value is -2.54. The Morgan fingerprint density at radius 2 is 1.67 bits per heavy atom. The van der Waals surface area contributed by atoms with E-state index in [2.05, 4.69) is 10.3 Å². The van der Waals surface area contributed by atoms with E-state index in [0.717, 1.165) is 23.6 Å². The molecule has 0 bridgehead atoms. The molecule has 0 fully saturated rings. The third kappa shape index (κ3) is 3.68. The van der Waals surface area contributed by atoms with E-state index < -0.39 is 11.7 Å². The molecule has 0 saturated carbocycles. The van der Waals surface area contributed by atoms with E-state index >= 15 is 0 Å². The molecule has 1 aromatic heterocycles. The van der Waals surface area contributed by atoms with Crippen LogP contribution in [-0.2, 0) is 6.18 Å². The van der Waals surface area contributed by atoms with Crippen molar-refractivity contribution in [2.75, 3.05) is 12.4 Å². The Morgan fingerprint density at radius 3 is 2.25 bits per heavy atom. The van der Waals surface area contributed by atoms with Gasteiger partial charge in [-0.3, -0.25) is 0 Å². The number of ether oxygens (including phenoxy) is 1. The second-order valence-corrected chi connectivity index (χ2v) is 5.82. The predicted octanol–water partition coefficient (Wildman–Crippen LogP) is 5.58. The van der Waals surface area contributed by atoms with Crippen molar-refractivity contribution in [3.05, 3.63) is 59.5 Å². The summed E-state index contributed by atoms with van der Waals surface area (Å²) in [6, 6.07) is 12.3. The molecule has 3 aromatic rings. The Balaban J connectivity index is 1.75. The number of hydrogen-bond donors (Lipinski definition) is 1. The van der Waals surface area contributed by atoms with Crippen LogP contribution in [0.2, 0.25) is 0 Å². The van der Waals surface area contributed by atoms with Crippen molar-refractivity contribution in [2.45, 2.75) is 6.18 Å². The highest BCUT2D eigenvalue weighted by molar-refractivity contribution is 7.14. The zero-order valence-corrected chi connectivity index (χ0v) is 13.4. The lowest BCUT2D eigenvalue weighted by Gasteiger charge is -2.06. The summed E-state index contributed by atoms with van der Waals surface area (Å²) in [7, 11) is 1.60. The minimum Gasteiger partial charge on any atom is -0.497 e. The van der Waals surface area contributed by atoms with Gasteiger partial charge in [0.2, 0.25) is 0 Å². The number of aromatic nitrogens is 1. The van der Waals surface area contributed by atoms with Crippen molar-refractivity contribution >= 4 is 22.2 Å². The molecule has 7 heteroatoms. The SMILES string of the molecule is COc1ccc(Nc2nc(-c3ccc(C(F)(F)F)cc3)cs2)cc1. The van der Waals surface area contributed by atoms with Crippen LogP contribution >= 0.6 is 11.3 Å². The van der Waals surface area contributed by atoms with E-state index in [4.69, 9.17) is 4.74 Å². The van der Waals surface area contributed by atoms with Gasteiger partial charge in [-0.25, -0.2) is 4.98 Å². The average Bonchev–Trinajstić information content (AvgIpc) is 3.03. The second-order valence-electron chi connectivity index (χ2n) is 4.97. The minimum absolute atomic E-state index is 0.629. The summed E-state index contributed by atoms with van der Waals surface area (Å²) in [5.41, 5.74) is 1.45. The molecular weight excluding hydrogens is 337 g/mol. The first-order valence-electron chi connectivity index (χ1n) is 7.00. The summed E-state index contributed by atoms with van der Waals surface area (Å²) in [6.07, 6.45) is -4.33. The minimum atomic E-state index is -4.33. The molecule has 0 atom stereocenters. The Kier molecular flexibility index (Phi) is 4.44. The topological polar surface area (TPSA) is 34.1 Å². The molecule has 3 rings (SSSR count). The molecule has 1 N–H and O–H groups in total. The van der Waals surface area contributed by atoms with Crippen LogP contribution in [0.15, 0.2) is 53.9 Å². The zero-order chi connectivity index (χ0) is 17.2. The normalized spacial score (nSPS) is 11.3. The smallest absolute Gasteiger partial charge is 0.416 e. The molecule has 124 valence electrons. The molecule has 0 amide bonds. The van der Waals surface area contributed by atoms with E-state index in [1.165, 1.54) is 23.5 Å². The van der Waals surface area contributed by atoms with E-state index in [1.807, 2.05) is 24.3 Å². The molecule has 0 aliphatic rings. The Bertz CT molecular complexity index is 811. The number of rotatable bonds is 4. The second kappa shape index (κ2) is 6.52. The molecule has 1 heterocycles. The van der Waals surface area contributed by atoms with Crippen LogP contribution in [-0.4, -0.2) is 12.1 Å². The molecule has 3 nitrogen and oxygen atoms in total. The van der Waals surface area contributed by atoms with Crippen LogP contribution in [0.25, 0.3) is 11.3 Å². The molecule has 0 saturated heterocycles. The van der Waals surface area contributed by atoms with Gasteiger partial charge in [0.25, 0.3) is 0 Å². The standard InChI is InChI=1S/C17H13F3N2OS/c1-23-14-8-6-13(7-9-14)21-16-22-15(10-24-16)11-2-4-12(5-3-11)17(18,19)20/h2-10H,1H3,(H,21,22). The van der Waals surface area contributed by atoms with Gasteiger partial charge in [0, 0.05) is 16.6 Å². The van der Waals surface area contributed by atoms with Crippen molar-refractivity contribution in [3.8, 4) is 17.0 Å². The highest BCUT2D eigenvalue weighted by Crippen LogP contribution is 2.32. The fourth-order valence-electron chi connectivity index (χ4n) is 2.09. The monoisotopic (exact) mass is 350 g/mol. The maximum absolute atomic E-state index is 12.6. The average molecular weight is 350 g/mol. The number of anilines is 2. The van der Waals surface area contributed by atoms with Crippen molar-refractivity contribution in [1.82, 2.24) is 4.98 Å². The van der Waals surface area contributed by atoms with Crippen LogP contribution in [0.1, 0.15) is 5.56 Å². The summed E-state index contributed by atoms with van der Waals surface area (Å²) in [5, 5.41) is 5.62. The van der Waals surface area contributed by atoms with Gasteiger partial charge in [-0.15, -0.1) is 11.3 Å². The lowest BCUT2D eigenvalue weighted by molar-refractivity contribution is -0.137. The first-order valence-corrected chi connectivity index (χ1v) is 7.88. The van der Waals surface area contributed by atoms with Crippen molar-refractivity contribution in [2.24, 2.45) is 0 Å². The summed E-state index contributed by atoms with van der Waals surface area (Å²) in [4.78, 5) is 4.41. The molecule has 0 unspecified atom stereocenters. The van der Waals surface area contributed by atoms with Gasteiger partial charge in [-0.1, -0.05) is 12.1 Å². The van der Waals surface area contributed by atoms with Gasteiger partial charge >= 0.3 is 6.18 Å². The first-order chi connectivity index (χ1) is 11.5. The quantitative estimate of drug-likeness (QED) is 0.667. The molecule has 0 radical (unpaired) electrons. The van der Waals surface area contributed by atoms with Gasteiger partial charge in [-0.05, 0) is 36.4 Å². The Labute approximate surface area is 140 Å². The predicted molar refractivity (Wildman–Crippen MR) is 88.8 cm³/mol. The van der Waals surface area contributed by atoms with Gasteiger partial charge in [0.05, 0.1) is 18.4 Å². The third-order valence-electron chi connectivity index (χ3n) is 3.35. The first kappa shape index (κ1) is 16.3.